The van der Waals surface area contributed by atoms with Gasteiger partial charge in [-0.15, -0.1) is 0 Å². The van der Waals surface area contributed by atoms with Crippen molar-refractivity contribution >= 4 is 11.9 Å². The predicted molar refractivity (Wildman–Crippen MR) is 79.3 cm³/mol. The van der Waals surface area contributed by atoms with Gasteiger partial charge in [0.1, 0.15) is 5.60 Å². The lowest BCUT2D eigenvalue weighted by Crippen LogP contribution is -2.28. The highest BCUT2D eigenvalue weighted by Gasteiger charge is 2.33. The lowest BCUT2D eigenvalue weighted by molar-refractivity contribution is -0.159. The Balaban J connectivity index is 1.84. The molecule has 6 nitrogen and oxygen atoms in total. The number of halogens is 2. The van der Waals surface area contributed by atoms with Gasteiger partial charge in [-0.1, -0.05) is 0 Å². The lowest BCUT2D eigenvalue weighted by atomic mass is 10.1. The molecule has 0 bridgehead atoms. The second-order valence-corrected chi connectivity index (χ2v) is 6.51. The van der Waals surface area contributed by atoms with Crippen LogP contribution in [-0.4, -0.2) is 34.2 Å². The van der Waals surface area contributed by atoms with Gasteiger partial charge in [0.25, 0.3) is 0 Å². The highest BCUT2D eigenvalue weighted by atomic mass is 19.3. The zero-order valence-corrected chi connectivity index (χ0v) is 13.4. The predicted octanol–water partition coefficient (Wildman–Crippen LogP) is 3.00. The topological polar surface area (TPSA) is 73.3 Å². The summed E-state index contributed by atoms with van der Waals surface area (Å²) in [7, 11) is 0. The molecule has 0 spiro atoms. The fraction of sp³-hybridized carbons (Fsp3) is 0.667. The minimum absolute atomic E-state index is 0.0504. The molecule has 0 radical (unpaired) electrons. The van der Waals surface area contributed by atoms with E-state index in [1.165, 1.54) is 12.4 Å². The average Bonchev–Trinajstić information content (AvgIpc) is 2.87. The Bertz CT molecular complexity index is 532. The quantitative estimate of drug-likeness (QED) is 0.837. The molecule has 23 heavy (non-hydrogen) atoms. The Morgan fingerprint density at radius 3 is 2.52 bits per heavy atom. The van der Waals surface area contributed by atoms with E-state index in [4.69, 9.17) is 4.74 Å². The molecular weight excluding hydrogens is 308 g/mol. The minimum atomic E-state index is -2.90. The summed E-state index contributed by atoms with van der Waals surface area (Å²) in [6.45, 7) is 2.62. The lowest BCUT2D eigenvalue weighted by Gasteiger charge is -2.22. The molecule has 1 aliphatic carbocycles. The maximum atomic E-state index is 12.0. The SMILES string of the molecule is CC(C)(C)OC(=O)[C@H]1CC[C@H](Nc2ncc(OC(F)F)cn2)C1. The molecule has 0 aliphatic heterocycles. The van der Waals surface area contributed by atoms with Crippen molar-refractivity contribution in [2.24, 2.45) is 5.92 Å². The second kappa shape index (κ2) is 7.06. The highest BCUT2D eigenvalue weighted by molar-refractivity contribution is 5.73. The normalized spacial score (nSPS) is 21.3. The Morgan fingerprint density at radius 2 is 1.96 bits per heavy atom. The van der Waals surface area contributed by atoms with Gasteiger partial charge in [-0.3, -0.25) is 4.79 Å². The van der Waals surface area contributed by atoms with Crippen LogP contribution in [0.25, 0.3) is 0 Å². The summed E-state index contributed by atoms with van der Waals surface area (Å²) in [5.41, 5.74) is -0.494. The first-order valence-electron chi connectivity index (χ1n) is 7.49. The molecule has 0 aromatic carbocycles. The van der Waals surface area contributed by atoms with Crippen LogP contribution >= 0.6 is 0 Å². The van der Waals surface area contributed by atoms with Crippen molar-refractivity contribution in [1.82, 2.24) is 9.97 Å². The van der Waals surface area contributed by atoms with Gasteiger partial charge < -0.3 is 14.8 Å². The van der Waals surface area contributed by atoms with Gasteiger partial charge in [-0.05, 0) is 40.0 Å². The third-order valence-corrected chi connectivity index (χ3v) is 3.36. The van der Waals surface area contributed by atoms with Gasteiger partial charge in [0.2, 0.25) is 5.95 Å². The summed E-state index contributed by atoms with van der Waals surface area (Å²) in [6, 6.07) is 0.0504. The molecule has 1 aromatic rings. The molecule has 1 saturated carbocycles. The number of hydrogen-bond donors (Lipinski definition) is 1. The highest BCUT2D eigenvalue weighted by Crippen LogP contribution is 2.29. The largest absolute Gasteiger partial charge is 0.460 e. The maximum absolute atomic E-state index is 12.0. The van der Waals surface area contributed by atoms with Crippen molar-refractivity contribution in [1.29, 1.82) is 0 Å². The summed E-state index contributed by atoms with van der Waals surface area (Å²) in [6.07, 6.45) is 4.53. The van der Waals surface area contributed by atoms with E-state index in [-0.39, 0.29) is 23.7 Å². The van der Waals surface area contributed by atoms with Crippen molar-refractivity contribution < 1.29 is 23.0 Å². The van der Waals surface area contributed by atoms with Crippen molar-refractivity contribution in [3.8, 4) is 5.75 Å². The number of esters is 1. The number of nitrogens with one attached hydrogen (secondary N) is 1. The molecule has 1 aliphatic rings. The molecule has 1 aromatic heterocycles. The number of carbonyl (C=O) groups is 1. The Morgan fingerprint density at radius 1 is 1.30 bits per heavy atom. The molecule has 2 rings (SSSR count). The third kappa shape index (κ3) is 5.61. The number of rotatable bonds is 5. The van der Waals surface area contributed by atoms with Crippen LogP contribution in [-0.2, 0) is 9.53 Å². The summed E-state index contributed by atoms with van der Waals surface area (Å²) >= 11 is 0. The van der Waals surface area contributed by atoms with Gasteiger partial charge in [0, 0.05) is 6.04 Å². The first-order valence-corrected chi connectivity index (χ1v) is 7.49. The zero-order chi connectivity index (χ0) is 17.0. The van der Waals surface area contributed by atoms with Crippen LogP contribution in [0.4, 0.5) is 14.7 Å². The van der Waals surface area contributed by atoms with E-state index in [0.29, 0.717) is 12.4 Å². The van der Waals surface area contributed by atoms with E-state index >= 15 is 0 Å². The van der Waals surface area contributed by atoms with Gasteiger partial charge in [0.15, 0.2) is 5.75 Å². The average molecular weight is 329 g/mol. The molecule has 1 fully saturated rings. The van der Waals surface area contributed by atoms with Gasteiger partial charge in [-0.25, -0.2) is 9.97 Å². The first kappa shape index (κ1) is 17.4. The first-order chi connectivity index (χ1) is 10.7. The molecular formula is C15H21F2N3O3. The van der Waals surface area contributed by atoms with E-state index in [2.05, 4.69) is 20.0 Å². The molecule has 2 atom stereocenters. The molecule has 128 valence electrons. The molecule has 1 N–H and O–H groups in total. The van der Waals surface area contributed by atoms with E-state index in [0.717, 1.165) is 12.8 Å². The van der Waals surface area contributed by atoms with E-state index in [1.807, 2.05) is 20.8 Å². The minimum Gasteiger partial charge on any atom is -0.460 e. The Hall–Kier alpha value is -1.99. The summed E-state index contributed by atoms with van der Waals surface area (Å²) in [4.78, 5) is 19.9. The molecule has 0 saturated heterocycles. The van der Waals surface area contributed by atoms with Crippen LogP contribution in [0, 0.1) is 5.92 Å². The van der Waals surface area contributed by atoms with Crippen LogP contribution < -0.4 is 10.1 Å². The van der Waals surface area contributed by atoms with Crippen molar-refractivity contribution in [2.75, 3.05) is 5.32 Å². The summed E-state index contributed by atoms with van der Waals surface area (Å²) in [5, 5.41) is 3.10. The third-order valence-electron chi connectivity index (χ3n) is 3.36. The number of alkyl halides is 2. The number of hydrogen-bond acceptors (Lipinski definition) is 6. The second-order valence-electron chi connectivity index (χ2n) is 6.51. The number of anilines is 1. The van der Waals surface area contributed by atoms with Crippen LogP contribution in [0.1, 0.15) is 40.0 Å². The van der Waals surface area contributed by atoms with Crippen molar-refractivity contribution in [3.05, 3.63) is 12.4 Å². The Kier molecular flexibility index (Phi) is 5.33. The van der Waals surface area contributed by atoms with Gasteiger partial charge >= 0.3 is 12.6 Å². The van der Waals surface area contributed by atoms with Crippen LogP contribution in [0.15, 0.2) is 12.4 Å². The number of nitrogens with zero attached hydrogens (tertiary/aromatic N) is 2. The molecule has 0 amide bonds. The fourth-order valence-corrected chi connectivity index (χ4v) is 2.45. The molecule has 1 heterocycles. The van der Waals surface area contributed by atoms with Crippen LogP contribution in [0.5, 0.6) is 5.75 Å². The summed E-state index contributed by atoms with van der Waals surface area (Å²) in [5.74, 6) is -0.110. The molecule has 0 unspecified atom stereocenters. The van der Waals surface area contributed by atoms with E-state index < -0.39 is 12.2 Å². The van der Waals surface area contributed by atoms with E-state index in [9.17, 15) is 13.6 Å². The standard InChI is InChI=1S/C15H21F2N3O3/c1-15(2,3)23-12(21)9-4-5-10(6-9)20-14-18-7-11(8-19-14)22-13(16)17/h7-10,13H,4-6H2,1-3H3,(H,18,19,20)/t9-,10-/m0/s1. The maximum Gasteiger partial charge on any atom is 0.387 e. The number of aromatic nitrogens is 2. The summed E-state index contributed by atoms with van der Waals surface area (Å²) < 4.78 is 33.7. The number of carbonyl (C=O) groups excluding carboxylic acids is 1. The van der Waals surface area contributed by atoms with Crippen molar-refractivity contribution in [2.45, 2.75) is 58.3 Å². The van der Waals surface area contributed by atoms with Gasteiger partial charge in [0.05, 0.1) is 18.3 Å². The monoisotopic (exact) mass is 329 g/mol. The number of ether oxygens (including phenoxy) is 2. The van der Waals surface area contributed by atoms with Crippen molar-refractivity contribution in [3.63, 3.8) is 0 Å². The van der Waals surface area contributed by atoms with Crippen LogP contribution in [0.3, 0.4) is 0 Å². The zero-order valence-electron chi connectivity index (χ0n) is 13.4. The van der Waals surface area contributed by atoms with Gasteiger partial charge in [-0.2, -0.15) is 8.78 Å². The van der Waals surface area contributed by atoms with E-state index in [1.54, 1.807) is 0 Å². The Labute approximate surface area is 133 Å². The van der Waals surface area contributed by atoms with Crippen LogP contribution in [0.2, 0.25) is 0 Å². The molecule has 8 heteroatoms. The smallest absolute Gasteiger partial charge is 0.387 e. The fourth-order valence-electron chi connectivity index (χ4n) is 2.45.